The number of benzene rings is 1. The Bertz CT molecular complexity index is 580. The zero-order valence-corrected chi connectivity index (χ0v) is 9.72. The monoisotopic (exact) mass is 240 g/mol. The van der Waals surface area contributed by atoms with Crippen LogP contribution in [0.2, 0.25) is 5.02 Å². The van der Waals surface area contributed by atoms with Crippen LogP contribution in [0.25, 0.3) is 12.2 Å². The molecule has 2 nitrogen and oxygen atoms in total. The van der Waals surface area contributed by atoms with Crippen molar-refractivity contribution in [3.63, 3.8) is 0 Å². The molecule has 0 unspecified atom stereocenters. The third kappa shape index (κ3) is 3.17. The minimum atomic E-state index is 0.559. The summed E-state index contributed by atoms with van der Waals surface area (Å²) < 4.78 is 0. The Morgan fingerprint density at radius 2 is 1.76 bits per heavy atom. The van der Waals surface area contributed by atoms with Gasteiger partial charge in [-0.1, -0.05) is 35.9 Å². The number of nitrogens with zero attached hydrogens (tertiary/aromatic N) is 2. The molecule has 2 aromatic rings. The number of aromatic nitrogens is 1. The molecule has 2 rings (SSSR count). The molecule has 1 aromatic heterocycles. The minimum Gasteiger partial charge on any atom is -0.263 e. The fourth-order valence-corrected chi connectivity index (χ4v) is 1.50. The summed E-state index contributed by atoms with van der Waals surface area (Å²) in [6, 6.07) is 11.4. The number of pyridine rings is 1. The van der Waals surface area contributed by atoms with Gasteiger partial charge >= 0.3 is 0 Å². The zero-order valence-electron chi connectivity index (χ0n) is 8.97. The first-order valence-electron chi connectivity index (χ1n) is 5.07. The van der Waals surface area contributed by atoms with Gasteiger partial charge in [0.25, 0.3) is 0 Å². The van der Waals surface area contributed by atoms with E-state index in [0.29, 0.717) is 5.56 Å². The van der Waals surface area contributed by atoms with Gasteiger partial charge in [-0.25, -0.2) is 0 Å². The van der Waals surface area contributed by atoms with E-state index >= 15 is 0 Å². The maximum Gasteiger partial charge on any atom is 0.101 e. The van der Waals surface area contributed by atoms with Crippen molar-refractivity contribution in [2.75, 3.05) is 0 Å². The van der Waals surface area contributed by atoms with Crippen molar-refractivity contribution >= 4 is 23.8 Å². The maximum atomic E-state index is 8.75. The minimum absolute atomic E-state index is 0.559. The largest absolute Gasteiger partial charge is 0.263 e. The Morgan fingerprint density at radius 3 is 2.47 bits per heavy atom. The van der Waals surface area contributed by atoms with Gasteiger partial charge in [0.2, 0.25) is 0 Å². The van der Waals surface area contributed by atoms with Crippen LogP contribution in [0.1, 0.15) is 16.7 Å². The number of nitriles is 1. The standard InChI is InChI=1S/C14H9ClN2/c15-14-5-3-11(4-6-14)1-2-12-7-13(8-16)10-17-9-12/h1-7,9-10H/b2-1+. The van der Waals surface area contributed by atoms with Gasteiger partial charge in [-0.2, -0.15) is 5.26 Å². The van der Waals surface area contributed by atoms with E-state index in [0.717, 1.165) is 16.1 Å². The predicted octanol–water partition coefficient (Wildman–Crippen LogP) is 3.78. The Kier molecular flexibility index (Phi) is 3.54. The van der Waals surface area contributed by atoms with E-state index in [-0.39, 0.29) is 0 Å². The Morgan fingerprint density at radius 1 is 1.06 bits per heavy atom. The first kappa shape index (κ1) is 11.4. The van der Waals surface area contributed by atoms with E-state index in [1.807, 2.05) is 36.4 Å². The Labute approximate surface area is 105 Å². The summed E-state index contributed by atoms with van der Waals surface area (Å²) in [5.41, 5.74) is 2.51. The third-order valence-electron chi connectivity index (χ3n) is 2.23. The molecule has 0 N–H and O–H groups in total. The summed E-state index contributed by atoms with van der Waals surface area (Å²) in [7, 11) is 0. The average Bonchev–Trinajstić information content (AvgIpc) is 2.38. The van der Waals surface area contributed by atoms with Crippen molar-refractivity contribution in [1.82, 2.24) is 4.98 Å². The number of hydrogen-bond donors (Lipinski definition) is 0. The normalized spacial score (nSPS) is 10.4. The van der Waals surface area contributed by atoms with Gasteiger partial charge in [0.1, 0.15) is 6.07 Å². The quantitative estimate of drug-likeness (QED) is 0.801. The molecule has 0 aliphatic rings. The summed E-state index contributed by atoms with van der Waals surface area (Å²) in [6.45, 7) is 0. The molecule has 0 spiro atoms. The highest BCUT2D eigenvalue weighted by atomic mass is 35.5. The molecule has 1 aromatic carbocycles. The molecule has 82 valence electrons. The second kappa shape index (κ2) is 5.29. The molecule has 0 atom stereocenters. The van der Waals surface area contributed by atoms with Crippen LogP contribution in [0, 0.1) is 11.3 Å². The molecule has 0 aliphatic carbocycles. The van der Waals surface area contributed by atoms with E-state index < -0.39 is 0 Å². The fraction of sp³-hybridized carbons (Fsp3) is 0. The first-order valence-corrected chi connectivity index (χ1v) is 5.44. The lowest BCUT2D eigenvalue weighted by atomic mass is 10.1. The van der Waals surface area contributed by atoms with Crippen LogP contribution in [0.3, 0.4) is 0 Å². The van der Waals surface area contributed by atoms with Crippen molar-refractivity contribution in [3.8, 4) is 6.07 Å². The highest BCUT2D eigenvalue weighted by Crippen LogP contribution is 2.12. The van der Waals surface area contributed by atoms with E-state index in [1.165, 1.54) is 0 Å². The third-order valence-corrected chi connectivity index (χ3v) is 2.48. The van der Waals surface area contributed by atoms with E-state index in [1.54, 1.807) is 18.5 Å². The van der Waals surface area contributed by atoms with Crippen LogP contribution in [0.4, 0.5) is 0 Å². The Hall–Kier alpha value is -2.11. The highest BCUT2D eigenvalue weighted by Gasteiger charge is 1.92. The molecule has 0 saturated heterocycles. The van der Waals surface area contributed by atoms with Gasteiger partial charge < -0.3 is 0 Å². The molecule has 0 bridgehead atoms. The summed E-state index contributed by atoms with van der Waals surface area (Å²) in [6.07, 6.45) is 7.12. The van der Waals surface area contributed by atoms with Gasteiger partial charge in [-0.3, -0.25) is 4.98 Å². The summed E-state index contributed by atoms with van der Waals surface area (Å²) in [4.78, 5) is 3.99. The zero-order chi connectivity index (χ0) is 12.1. The van der Waals surface area contributed by atoms with Crippen molar-refractivity contribution in [2.24, 2.45) is 0 Å². The first-order chi connectivity index (χ1) is 8.28. The highest BCUT2D eigenvalue weighted by molar-refractivity contribution is 6.30. The van der Waals surface area contributed by atoms with Gasteiger partial charge in [0, 0.05) is 17.4 Å². The topological polar surface area (TPSA) is 36.7 Å². The van der Waals surface area contributed by atoms with Gasteiger partial charge in [-0.15, -0.1) is 0 Å². The van der Waals surface area contributed by atoms with Crippen LogP contribution in [0.15, 0.2) is 42.7 Å². The lowest BCUT2D eigenvalue weighted by Gasteiger charge is -1.95. The molecule has 0 fully saturated rings. The number of rotatable bonds is 2. The van der Waals surface area contributed by atoms with Gasteiger partial charge in [0.05, 0.1) is 5.56 Å². The molecule has 0 radical (unpaired) electrons. The predicted molar refractivity (Wildman–Crippen MR) is 69.3 cm³/mol. The van der Waals surface area contributed by atoms with Crippen LogP contribution in [-0.2, 0) is 0 Å². The lowest BCUT2D eigenvalue weighted by Crippen LogP contribution is -1.80. The molecule has 0 saturated carbocycles. The SMILES string of the molecule is N#Cc1cncc(/C=C/c2ccc(Cl)cc2)c1. The van der Waals surface area contributed by atoms with Crippen LogP contribution >= 0.6 is 11.6 Å². The second-order valence-corrected chi connectivity index (χ2v) is 3.94. The summed E-state index contributed by atoms with van der Waals surface area (Å²) in [5, 5.41) is 9.47. The number of hydrogen-bond acceptors (Lipinski definition) is 2. The van der Waals surface area contributed by atoms with Crippen LogP contribution < -0.4 is 0 Å². The van der Waals surface area contributed by atoms with Crippen molar-refractivity contribution in [1.29, 1.82) is 5.26 Å². The van der Waals surface area contributed by atoms with E-state index in [4.69, 9.17) is 16.9 Å². The Balaban J connectivity index is 2.20. The molecule has 1 heterocycles. The smallest absolute Gasteiger partial charge is 0.101 e. The fourth-order valence-electron chi connectivity index (χ4n) is 1.38. The summed E-state index contributed by atoms with van der Waals surface area (Å²) in [5.74, 6) is 0. The summed E-state index contributed by atoms with van der Waals surface area (Å²) >= 11 is 5.80. The second-order valence-electron chi connectivity index (χ2n) is 3.50. The molecule has 3 heteroatoms. The van der Waals surface area contributed by atoms with Crippen molar-refractivity contribution in [2.45, 2.75) is 0 Å². The van der Waals surface area contributed by atoms with Crippen molar-refractivity contribution in [3.05, 3.63) is 64.4 Å². The van der Waals surface area contributed by atoms with Gasteiger partial charge in [-0.05, 0) is 29.3 Å². The molecule has 0 amide bonds. The maximum absolute atomic E-state index is 8.75. The van der Waals surface area contributed by atoms with E-state index in [2.05, 4.69) is 11.1 Å². The molecule has 17 heavy (non-hydrogen) atoms. The average molecular weight is 241 g/mol. The van der Waals surface area contributed by atoms with E-state index in [9.17, 15) is 0 Å². The number of halogens is 1. The molecule has 0 aliphatic heterocycles. The lowest BCUT2D eigenvalue weighted by molar-refractivity contribution is 1.29. The van der Waals surface area contributed by atoms with Crippen LogP contribution in [0.5, 0.6) is 0 Å². The van der Waals surface area contributed by atoms with Crippen molar-refractivity contribution < 1.29 is 0 Å². The van der Waals surface area contributed by atoms with Gasteiger partial charge in [0.15, 0.2) is 0 Å². The molecular formula is C14H9ClN2. The molecular weight excluding hydrogens is 232 g/mol. The van der Waals surface area contributed by atoms with Crippen LogP contribution in [-0.4, -0.2) is 4.98 Å².